The lowest BCUT2D eigenvalue weighted by Crippen LogP contribution is -2.05. The van der Waals surface area contributed by atoms with Gasteiger partial charge in [-0.25, -0.2) is 19.6 Å². The van der Waals surface area contributed by atoms with E-state index in [0.717, 1.165) is 0 Å². The van der Waals surface area contributed by atoms with Crippen LogP contribution in [0.15, 0.2) is 12.4 Å². The summed E-state index contributed by atoms with van der Waals surface area (Å²) in [5.41, 5.74) is 0.347. The van der Waals surface area contributed by atoms with Gasteiger partial charge in [-0.05, 0) is 12.8 Å². The quantitative estimate of drug-likeness (QED) is 0.536. The third-order valence-electron chi connectivity index (χ3n) is 1.61. The molecule has 0 aliphatic carbocycles. The molecule has 0 amide bonds. The van der Waals surface area contributed by atoms with Crippen LogP contribution in [0.25, 0.3) is 0 Å². The number of ether oxygens (including phenoxy) is 2. The predicted octanol–water partition coefficient (Wildman–Crippen LogP) is 0.178. The van der Waals surface area contributed by atoms with Gasteiger partial charge in [-0.1, -0.05) is 0 Å². The molecule has 1 aromatic heterocycles. The first-order chi connectivity index (χ1) is 8.17. The van der Waals surface area contributed by atoms with Crippen LogP contribution >= 0.6 is 0 Å². The van der Waals surface area contributed by atoms with Gasteiger partial charge in [-0.3, -0.25) is 0 Å². The molecule has 88 valence electrons. The van der Waals surface area contributed by atoms with E-state index in [0.29, 0.717) is 0 Å². The molecule has 0 radical (unpaired) electrons. The minimum atomic E-state index is -0.633. The van der Waals surface area contributed by atoms with Gasteiger partial charge in [0.25, 0.3) is 0 Å². The fourth-order valence-corrected chi connectivity index (χ4v) is 0.885. The molecule has 1 aromatic rings. The first-order valence-corrected chi connectivity index (χ1v) is 4.76. The SMILES string of the molecule is CCOC(=O)C#Cc1cnc(C(=O)OC)cn1. The number of carbonyl (C=O) groups excluding carboxylic acids is 2. The van der Waals surface area contributed by atoms with Gasteiger partial charge in [-0.2, -0.15) is 0 Å². The third-order valence-corrected chi connectivity index (χ3v) is 1.61. The number of methoxy groups -OCH3 is 1. The summed E-state index contributed by atoms with van der Waals surface area (Å²) < 4.78 is 9.06. The summed E-state index contributed by atoms with van der Waals surface area (Å²) in [6, 6.07) is 0. The van der Waals surface area contributed by atoms with Crippen LogP contribution < -0.4 is 0 Å². The van der Waals surface area contributed by atoms with Crippen molar-refractivity contribution in [1.82, 2.24) is 9.97 Å². The second-order valence-corrected chi connectivity index (χ2v) is 2.75. The van der Waals surface area contributed by atoms with E-state index in [1.807, 2.05) is 0 Å². The van der Waals surface area contributed by atoms with Crippen LogP contribution in [0.1, 0.15) is 23.1 Å². The maximum Gasteiger partial charge on any atom is 0.384 e. The average Bonchev–Trinajstić information content (AvgIpc) is 2.36. The summed E-state index contributed by atoms with van der Waals surface area (Å²) in [5, 5.41) is 0. The Hall–Kier alpha value is -2.42. The van der Waals surface area contributed by atoms with Crippen LogP contribution in [0.4, 0.5) is 0 Å². The van der Waals surface area contributed by atoms with E-state index >= 15 is 0 Å². The summed E-state index contributed by atoms with van der Waals surface area (Å²) in [4.78, 5) is 29.6. The zero-order chi connectivity index (χ0) is 12.7. The lowest BCUT2D eigenvalue weighted by Gasteiger charge is -1.96. The molecule has 0 fully saturated rings. The van der Waals surface area contributed by atoms with E-state index in [2.05, 4.69) is 31.3 Å². The lowest BCUT2D eigenvalue weighted by molar-refractivity contribution is -0.136. The molecule has 0 bridgehead atoms. The molecular weight excluding hydrogens is 224 g/mol. The molecule has 6 heteroatoms. The minimum absolute atomic E-state index is 0.0779. The maximum absolute atomic E-state index is 11.0. The number of rotatable bonds is 2. The molecule has 6 nitrogen and oxygen atoms in total. The van der Waals surface area contributed by atoms with Gasteiger partial charge in [-0.15, -0.1) is 0 Å². The van der Waals surface area contributed by atoms with Crippen LogP contribution in [0.2, 0.25) is 0 Å². The molecular formula is C11H10N2O4. The van der Waals surface area contributed by atoms with Crippen molar-refractivity contribution in [3.05, 3.63) is 23.8 Å². The topological polar surface area (TPSA) is 78.4 Å². The van der Waals surface area contributed by atoms with Crippen molar-refractivity contribution in [3.63, 3.8) is 0 Å². The Morgan fingerprint density at radius 2 is 2.12 bits per heavy atom. The third kappa shape index (κ3) is 3.91. The van der Waals surface area contributed by atoms with Gasteiger partial charge in [0.15, 0.2) is 5.69 Å². The van der Waals surface area contributed by atoms with Crippen molar-refractivity contribution in [2.75, 3.05) is 13.7 Å². The Bertz CT molecular complexity index is 470. The van der Waals surface area contributed by atoms with Gasteiger partial charge in [0.05, 0.1) is 26.1 Å². The fraction of sp³-hybridized carbons (Fsp3) is 0.273. The fourth-order valence-electron chi connectivity index (χ4n) is 0.885. The van der Waals surface area contributed by atoms with Crippen molar-refractivity contribution in [3.8, 4) is 11.8 Å². The van der Waals surface area contributed by atoms with Crippen LogP contribution in [-0.2, 0) is 14.3 Å². The normalized spacial score (nSPS) is 8.82. The predicted molar refractivity (Wildman–Crippen MR) is 56.9 cm³/mol. The Morgan fingerprint density at radius 1 is 1.35 bits per heavy atom. The van der Waals surface area contributed by atoms with E-state index in [9.17, 15) is 9.59 Å². The molecule has 0 spiro atoms. The first-order valence-electron chi connectivity index (χ1n) is 4.76. The van der Waals surface area contributed by atoms with Crippen LogP contribution in [0, 0.1) is 11.8 Å². The number of hydrogen-bond acceptors (Lipinski definition) is 6. The summed E-state index contributed by atoms with van der Waals surface area (Å²) in [5.74, 6) is 3.48. The van der Waals surface area contributed by atoms with E-state index in [1.54, 1.807) is 6.92 Å². The molecule has 0 aliphatic rings. The van der Waals surface area contributed by atoms with Crippen molar-refractivity contribution in [2.45, 2.75) is 6.92 Å². The highest BCUT2D eigenvalue weighted by molar-refractivity contribution is 5.89. The molecule has 0 unspecified atom stereocenters. The molecule has 1 heterocycles. The highest BCUT2D eigenvalue weighted by atomic mass is 16.5. The van der Waals surface area contributed by atoms with Crippen LogP contribution in [0.3, 0.4) is 0 Å². The number of hydrogen-bond donors (Lipinski definition) is 0. The zero-order valence-electron chi connectivity index (χ0n) is 9.39. The largest absolute Gasteiger partial charge is 0.464 e. The van der Waals surface area contributed by atoms with Crippen molar-refractivity contribution < 1.29 is 19.1 Å². The summed E-state index contributed by atoms with van der Waals surface area (Å²) in [6.45, 7) is 1.95. The Balaban J connectivity index is 2.75. The maximum atomic E-state index is 11.0. The van der Waals surface area contributed by atoms with Crippen LogP contribution in [0.5, 0.6) is 0 Å². The van der Waals surface area contributed by atoms with Crippen molar-refractivity contribution in [1.29, 1.82) is 0 Å². The van der Waals surface area contributed by atoms with Gasteiger partial charge in [0.1, 0.15) is 5.69 Å². The lowest BCUT2D eigenvalue weighted by atomic mass is 10.4. The van der Waals surface area contributed by atoms with E-state index < -0.39 is 11.9 Å². The second-order valence-electron chi connectivity index (χ2n) is 2.75. The van der Waals surface area contributed by atoms with E-state index in [1.165, 1.54) is 19.5 Å². The highest BCUT2D eigenvalue weighted by Crippen LogP contribution is 1.96. The number of carbonyl (C=O) groups is 2. The molecule has 0 N–H and O–H groups in total. The Labute approximate surface area is 98.0 Å². The van der Waals surface area contributed by atoms with Gasteiger partial charge in [0, 0.05) is 5.92 Å². The first kappa shape index (κ1) is 12.6. The second kappa shape index (κ2) is 6.23. The zero-order valence-corrected chi connectivity index (χ0v) is 9.39. The summed E-state index contributed by atoms with van der Waals surface area (Å²) >= 11 is 0. The summed E-state index contributed by atoms with van der Waals surface area (Å²) in [7, 11) is 1.25. The molecule has 0 aliphatic heterocycles. The summed E-state index contributed by atoms with van der Waals surface area (Å²) in [6.07, 6.45) is 2.50. The Morgan fingerprint density at radius 3 is 2.65 bits per heavy atom. The monoisotopic (exact) mass is 234 g/mol. The number of aromatic nitrogens is 2. The average molecular weight is 234 g/mol. The molecule has 1 rings (SSSR count). The standard InChI is InChI=1S/C11H10N2O4/c1-3-17-10(14)5-4-8-6-13-9(7-12-8)11(15)16-2/h6-7H,3H2,1-2H3. The molecule has 0 atom stereocenters. The van der Waals surface area contributed by atoms with E-state index in [4.69, 9.17) is 0 Å². The van der Waals surface area contributed by atoms with Crippen molar-refractivity contribution in [2.24, 2.45) is 0 Å². The molecule has 17 heavy (non-hydrogen) atoms. The van der Waals surface area contributed by atoms with Crippen molar-refractivity contribution >= 4 is 11.9 Å². The highest BCUT2D eigenvalue weighted by Gasteiger charge is 2.06. The Kier molecular flexibility index (Phi) is 4.63. The van der Waals surface area contributed by atoms with Gasteiger partial charge < -0.3 is 9.47 Å². The van der Waals surface area contributed by atoms with Gasteiger partial charge in [0.2, 0.25) is 0 Å². The molecule has 0 saturated carbocycles. The molecule has 0 saturated heterocycles. The minimum Gasteiger partial charge on any atom is -0.464 e. The molecule has 0 aromatic carbocycles. The van der Waals surface area contributed by atoms with Crippen LogP contribution in [-0.4, -0.2) is 35.6 Å². The van der Waals surface area contributed by atoms with E-state index in [-0.39, 0.29) is 18.0 Å². The number of nitrogens with zero attached hydrogens (tertiary/aromatic N) is 2. The smallest absolute Gasteiger partial charge is 0.384 e. The van der Waals surface area contributed by atoms with Gasteiger partial charge >= 0.3 is 11.9 Å². The number of esters is 2.